The Labute approximate surface area is 107 Å². The molecule has 0 atom stereocenters. The van der Waals surface area contributed by atoms with E-state index >= 15 is 0 Å². The predicted octanol–water partition coefficient (Wildman–Crippen LogP) is 1.60. The highest BCUT2D eigenvalue weighted by molar-refractivity contribution is 7.87. The van der Waals surface area contributed by atoms with Gasteiger partial charge >= 0.3 is 0 Å². The van der Waals surface area contributed by atoms with Crippen LogP contribution in [0.3, 0.4) is 0 Å². The van der Waals surface area contributed by atoms with Crippen LogP contribution in [-0.4, -0.2) is 26.8 Å². The lowest BCUT2D eigenvalue weighted by Gasteiger charge is -2.43. The summed E-state index contributed by atoms with van der Waals surface area (Å²) < 4.78 is 40.6. The zero-order chi connectivity index (χ0) is 13.4. The number of rotatable bonds is 4. The van der Waals surface area contributed by atoms with Crippen molar-refractivity contribution < 1.29 is 12.8 Å². The summed E-state index contributed by atoms with van der Waals surface area (Å²) in [5.41, 5.74) is 0.247. The van der Waals surface area contributed by atoms with Gasteiger partial charge in [0.05, 0.1) is 5.54 Å². The summed E-state index contributed by atoms with van der Waals surface area (Å²) in [5.74, 6) is -0.316. The van der Waals surface area contributed by atoms with Crippen molar-refractivity contribution in [3.8, 4) is 0 Å². The Balaban J connectivity index is 2.29. The summed E-state index contributed by atoms with van der Waals surface area (Å²) in [5, 5.41) is 0. The molecule has 1 aromatic rings. The Hall–Kier alpha value is -0.980. The van der Waals surface area contributed by atoms with Gasteiger partial charge in [-0.1, -0.05) is 12.1 Å². The van der Waals surface area contributed by atoms with Crippen molar-refractivity contribution >= 4 is 10.2 Å². The molecule has 0 aliphatic heterocycles. The lowest BCUT2D eigenvalue weighted by Crippen LogP contribution is -2.53. The van der Waals surface area contributed by atoms with E-state index in [9.17, 15) is 12.8 Å². The van der Waals surface area contributed by atoms with Crippen molar-refractivity contribution in [1.29, 1.82) is 0 Å². The van der Waals surface area contributed by atoms with Crippen LogP contribution in [-0.2, 0) is 15.7 Å². The Kier molecular flexibility index (Phi) is 3.44. The average Bonchev–Trinajstić information content (AvgIpc) is 2.25. The largest absolute Gasteiger partial charge is 0.279 e. The quantitative estimate of drug-likeness (QED) is 0.905. The summed E-state index contributed by atoms with van der Waals surface area (Å²) in [7, 11) is -0.514. The SMILES string of the molecule is CN(C)S(=O)(=O)NC1(c2ccc(F)cc2)CCC1. The van der Waals surface area contributed by atoms with Crippen LogP contribution in [0, 0.1) is 5.82 Å². The molecule has 1 aromatic carbocycles. The number of nitrogens with one attached hydrogen (secondary N) is 1. The minimum absolute atomic E-state index is 0.316. The van der Waals surface area contributed by atoms with E-state index in [1.165, 1.54) is 26.2 Å². The molecule has 0 amide bonds. The third-order valence-corrected chi connectivity index (χ3v) is 5.02. The summed E-state index contributed by atoms with van der Waals surface area (Å²) in [4.78, 5) is 0. The van der Waals surface area contributed by atoms with Gasteiger partial charge in [0, 0.05) is 14.1 Å². The van der Waals surface area contributed by atoms with Crippen molar-refractivity contribution in [3.05, 3.63) is 35.6 Å². The maximum atomic E-state index is 12.9. The summed E-state index contributed by atoms with van der Waals surface area (Å²) in [6.45, 7) is 0. The second-order valence-corrected chi connectivity index (χ2v) is 6.72. The fourth-order valence-electron chi connectivity index (χ4n) is 2.09. The highest BCUT2D eigenvalue weighted by atomic mass is 32.2. The van der Waals surface area contributed by atoms with Gasteiger partial charge in [-0.25, -0.2) is 4.39 Å². The zero-order valence-corrected chi connectivity index (χ0v) is 11.3. The molecule has 2 rings (SSSR count). The standard InChI is InChI=1S/C12H17FN2O2S/c1-15(2)18(16,17)14-12(8-3-9-12)10-4-6-11(13)7-5-10/h4-7,14H,3,8-9H2,1-2H3. The molecule has 0 bridgehead atoms. The molecule has 0 aromatic heterocycles. The van der Waals surface area contributed by atoms with Crippen molar-refractivity contribution in [3.63, 3.8) is 0 Å². The number of nitrogens with zero attached hydrogens (tertiary/aromatic N) is 1. The van der Waals surface area contributed by atoms with E-state index in [4.69, 9.17) is 0 Å². The Morgan fingerprint density at radius 1 is 1.22 bits per heavy atom. The van der Waals surface area contributed by atoms with Gasteiger partial charge in [-0.3, -0.25) is 0 Å². The molecule has 0 radical (unpaired) electrons. The lowest BCUT2D eigenvalue weighted by molar-refractivity contribution is 0.220. The van der Waals surface area contributed by atoms with Gasteiger partial charge in [-0.15, -0.1) is 0 Å². The Bertz CT molecular complexity index is 522. The molecular weight excluding hydrogens is 255 g/mol. The fraction of sp³-hybridized carbons (Fsp3) is 0.500. The third kappa shape index (κ3) is 2.41. The lowest BCUT2D eigenvalue weighted by atomic mass is 9.73. The van der Waals surface area contributed by atoms with Crippen LogP contribution in [0.5, 0.6) is 0 Å². The first-order valence-electron chi connectivity index (χ1n) is 5.83. The molecule has 1 fully saturated rings. The van der Waals surface area contributed by atoms with Crippen LogP contribution in [0.15, 0.2) is 24.3 Å². The number of benzene rings is 1. The molecule has 1 aliphatic rings. The zero-order valence-electron chi connectivity index (χ0n) is 10.5. The first-order chi connectivity index (χ1) is 8.36. The fourth-order valence-corrected chi connectivity index (χ4v) is 3.09. The van der Waals surface area contributed by atoms with E-state index in [-0.39, 0.29) is 5.82 Å². The van der Waals surface area contributed by atoms with E-state index in [2.05, 4.69) is 4.72 Å². The van der Waals surface area contributed by atoms with E-state index in [1.807, 2.05) is 0 Å². The van der Waals surface area contributed by atoms with E-state index in [0.717, 1.165) is 29.1 Å². The number of halogens is 1. The van der Waals surface area contributed by atoms with Gasteiger partial charge in [0.1, 0.15) is 5.82 Å². The van der Waals surface area contributed by atoms with Crippen molar-refractivity contribution in [2.24, 2.45) is 0 Å². The summed E-state index contributed by atoms with van der Waals surface area (Å²) in [6, 6.07) is 6.01. The maximum absolute atomic E-state index is 12.9. The van der Waals surface area contributed by atoms with Crippen molar-refractivity contribution in [1.82, 2.24) is 9.03 Å². The van der Waals surface area contributed by atoms with Crippen molar-refractivity contribution in [2.75, 3.05) is 14.1 Å². The Morgan fingerprint density at radius 3 is 2.17 bits per heavy atom. The minimum atomic E-state index is -3.49. The van der Waals surface area contributed by atoms with Gasteiger partial charge in [-0.2, -0.15) is 17.4 Å². The van der Waals surface area contributed by atoms with Crippen LogP contribution in [0.1, 0.15) is 24.8 Å². The van der Waals surface area contributed by atoms with Crippen molar-refractivity contribution in [2.45, 2.75) is 24.8 Å². The van der Waals surface area contributed by atoms with Gasteiger partial charge in [0.15, 0.2) is 0 Å². The first-order valence-corrected chi connectivity index (χ1v) is 7.27. The van der Waals surface area contributed by atoms with Gasteiger partial charge in [0.2, 0.25) is 0 Å². The second kappa shape index (κ2) is 4.60. The number of hydrogen-bond donors (Lipinski definition) is 1. The molecule has 18 heavy (non-hydrogen) atoms. The molecule has 0 spiro atoms. The molecule has 0 saturated heterocycles. The topological polar surface area (TPSA) is 49.4 Å². The predicted molar refractivity (Wildman–Crippen MR) is 67.7 cm³/mol. The molecule has 1 N–H and O–H groups in total. The second-order valence-electron chi connectivity index (χ2n) is 4.83. The third-order valence-electron chi connectivity index (χ3n) is 3.41. The van der Waals surface area contributed by atoms with E-state index < -0.39 is 15.7 Å². The van der Waals surface area contributed by atoms with Gasteiger partial charge in [-0.05, 0) is 37.0 Å². The van der Waals surface area contributed by atoms with E-state index in [1.54, 1.807) is 12.1 Å². The van der Waals surface area contributed by atoms with Crippen LogP contribution in [0.25, 0.3) is 0 Å². The summed E-state index contributed by atoms with van der Waals surface area (Å²) in [6.07, 6.45) is 2.45. The van der Waals surface area contributed by atoms with Crippen LogP contribution in [0.2, 0.25) is 0 Å². The average molecular weight is 272 g/mol. The van der Waals surface area contributed by atoms with Crippen LogP contribution in [0.4, 0.5) is 4.39 Å². The molecule has 0 unspecified atom stereocenters. The maximum Gasteiger partial charge on any atom is 0.279 e. The van der Waals surface area contributed by atoms with E-state index in [0.29, 0.717) is 0 Å². The minimum Gasteiger partial charge on any atom is -0.207 e. The van der Waals surface area contributed by atoms with Gasteiger partial charge in [0.25, 0.3) is 10.2 Å². The normalized spacial score (nSPS) is 18.7. The molecule has 100 valence electrons. The summed E-state index contributed by atoms with van der Waals surface area (Å²) >= 11 is 0. The first kappa shape index (κ1) is 13.5. The molecule has 6 heteroatoms. The van der Waals surface area contributed by atoms with Crippen LogP contribution < -0.4 is 4.72 Å². The smallest absolute Gasteiger partial charge is 0.207 e. The molecule has 0 heterocycles. The number of hydrogen-bond acceptors (Lipinski definition) is 2. The Morgan fingerprint density at radius 2 is 1.78 bits per heavy atom. The van der Waals surface area contributed by atoms with Crippen LogP contribution >= 0.6 is 0 Å². The molecule has 4 nitrogen and oxygen atoms in total. The van der Waals surface area contributed by atoms with Gasteiger partial charge < -0.3 is 0 Å². The highest BCUT2D eigenvalue weighted by Gasteiger charge is 2.42. The highest BCUT2D eigenvalue weighted by Crippen LogP contribution is 2.41. The monoisotopic (exact) mass is 272 g/mol. The molecule has 1 aliphatic carbocycles. The molecule has 1 saturated carbocycles. The molecular formula is C12H17FN2O2S.